The number of nitrogens with zero attached hydrogens (tertiary/aromatic N) is 4. The van der Waals surface area contributed by atoms with Crippen LogP contribution in [0.4, 0.5) is 0 Å². The van der Waals surface area contributed by atoms with Crippen molar-refractivity contribution >= 4 is 21.8 Å². The number of amides is 1. The summed E-state index contributed by atoms with van der Waals surface area (Å²) in [4.78, 5) is 12.5. The van der Waals surface area contributed by atoms with E-state index in [1.807, 2.05) is 26.0 Å². The number of nitrogens with one attached hydrogen (secondary N) is 1. The number of halogens is 1. The van der Waals surface area contributed by atoms with Gasteiger partial charge in [-0.3, -0.25) is 4.79 Å². The quantitative estimate of drug-likeness (QED) is 0.640. The molecule has 8 heteroatoms. The van der Waals surface area contributed by atoms with Gasteiger partial charge in [0.25, 0.3) is 11.8 Å². The van der Waals surface area contributed by atoms with Crippen LogP contribution in [0.5, 0.6) is 0 Å². The Labute approximate surface area is 172 Å². The molecule has 3 aromatic rings. The third kappa shape index (κ3) is 4.01. The highest BCUT2D eigenvalue weighted by Gasteiger charge is 2.23. The van der Waals surface area contributed by atoms with Gasteiger partial charge in [0, 0.05) is 18.5 Å². The Bertz CT molecular complexity index is 999. The summed E-state index contributed by atoms with van der Waals surface area (Å²) in [6, 6.07) is 7.39. The number of aromatic nitrogens is 4. The van der Waals surface area contributed by atoms with Crippen molar-refractivity contribution in [1.82, 2.24) is 25.3 Å². The van der Waals surface area contributed by atoms with Crippen molar-refractivity contribution in [2.75, 3.05) is 0 Å². The van der Waals surface area contributed by atoms with Crippen LogP contribution < -0.4 is 5.32 Å². The lowest BCUT2D eigenvalue weighted by Crippen LogP contribution is -2.41. The highest BCUT2D eigenvalue weighted by atomic mass is 79.9. The van der Waals surface area contributed by atoms with Gasteiger partial charge < -0.3 is 9.73 Å². The van der Waals surface area contributed by atoms with Gasteiger partial charge in [0.2, 0.25) is 5.89 Å². The van der Waals surface area contributed by atoms with Gasteiger partial charge in [-0.05, 0) is 59.5 Å². The van der Waals surface area contributed by atoms with Crippen LogP contribution in [0.3, 0.4) is 0 Å². The van der Waals surface area contributed by atoms with E-state index in [-0.39, 0.29) is 17.4 Å². The standard InChI is InChI=1S/C20H24BrN5O2/c1-11-16(21)17(19-24-23-13(3)28-19)25-26(11)15-9-7-14(8-10-15)18(27)22-12(2)20(4,5)6/h7-10,12H,1-6H3,(H,22,27)/t12-/m0/s1. The van der Waals surface area contributed by atoms with E-state index >= 15 is 0 Å². The first kappa shape index (κ1) is 20.3. The number of carbonyl (C=O) groups excluding carboxylic acids is 1. The summed E-state index contributed by atoms with van der Waals surface area (Å²) in [6.07, 6.45) is 0. The monoisotopic (exact) mass is 445 g/mol. The molecule has 0 bridgehead atoms. The molecule has 28 heavy (non-hydrogen) atoms. The first-order valence-electron chi connectivity index (χ1n) is 9.05. The fourth-order valence-electron chi connectivity index (χ4n) is 2.51. The molecule has 0 spiro atoms. The van der Waals surface area contributed by atoms with Gasteiger partial charge in [0.1, 0.15) is 0 Å². The molecule has 0 aliphatic heterocycles. The normalized spacial score (nSPS) is 12.8. The average molecular weight is 446 g/mol. The van der Waals surface area contributed by atoms with E-state index < -0.39 is 0 Å². The number of carbonyl (C=O) groups is 1. The molecule has 0 radical (unpaired) electrons. The van der Waals surface area contributed by atoms with E-state index in [2.05, 4.69) is 57.3 Å². The fraction of sp³-hybridized carbons (Fsp3) is 0.400. The maximum atomic E-state index is 12.5. The van der Waals surface area contributed by atoms with Crippen molar-refractivity contribution in [2.45, 2.75) is 47.6 Å². The largest absolute Gasteiger partial charge is 0.420 e. The zero-order valence-electron chi connectivity index (χ0n) is 16.9. The van der Waals surface area contributed by atoms with Crippen LogP contribution in [-0.2, 0) is 0 Å². The maximum absolute atomic E-state index is 12.5. The summed E-state index contributed by atoms with van der Waals surface area (Å²) in [5.41, 5.74) is 2.92. The molecule has 0 unspecified atom stereocenters. The lowest BCUT2D eigenvalue weighted by atomic mass is 9.88. The van der Waals surface area contributed by atoms with Crippen molar-refractivity contribution in [3.8, 4) is 17.3 Å². The molecule has 3 rings (SSSR count). The van der Waals surface area contributed by atoms with Crippen LogP contribution in [-0.4, -0.2) is 31.9 Å². The molecule has 0 aliphatic carbocycles. The Hall–Kier alpha value is -2.48. The number of hydrogen-bond donors (Lipinski definition) is 1. The average Bonchev–Trinajstić information content (AvgIpc) is 3.18. The van der Waals surface area contributed by atoms with Gasteiger partial charge in [-0.25, -0.2) is 4.68 Å². The van der Waals surface area contributed by atoms with E-state index in [0.29, 0.717) is 23.0 Å². The van der Waals surface area contributed by atoms with Crippen molar-refractivity contribution < 1.29 is 9.21 Å². The molecular formula is C20H24BrN5O2. The highest BCUT2D eigenvalue weighted by molar-refractivity contribution is 9.10. The lowest BCUT2D eigenvalue weighted by molar-refractivity contribution is 0.0910. The fourth-order valence-corrected chi connectivity index (χ4v) is 2.93. The summed E-state index contributed by atoms with van der Waals surface area (Å²) >= 11 is 3.55. The van der Waals surface area contributed by atoms with Crippen LogP contribution in [0.15, 0.2) is 33.2 Å². The van der Waals surface area contributed by atoms with Gasteiger partial charge in [-0.2, -0.15) is 5.10 Å². The van der Waals surface area contributed by atoms with Crippen molar-refractivity contribution in [3.05, 3.63) is 45.9 Å². The molecule has 1 N–H and O–H groups in total. The zero-order chi connectivity index (χ0) is 20.6. The molecule has 0 saturated carbocycles. The van der Waals surface area contributed by atoms with E-state index in [4.69, 9.17) is 4.42 Å². The van der Waals surface area contributed by atoms with Crippen LogP contribution >= 0.6 is 15.9 Å². The molecule has 2 aromatic heterocycles. The van der Waals surface area contributed by atoms with E-state index in [9.17, 15) is 4.79 Å². The van der Waals surface area contributed by atoms with E-state index in [1.165, 1.54) is 0 Å². The van der Waals surface area contributed by atoms with Crippen LogP contribution in [0.25, 0.3) is 17.3 Å². The predicted molar refractivity (Wildman–Crippen MR) is 110 cm³/mol. The minimum Gasteiger partial charge on any atom is -0.420 e. The second-order valence-corrected chi connectivity index (χ2v) is 8.69. The molecule has 1 amide bonds. The van der Waals surface area contributed by atoms with Crippen LogP contribution in [0.2, 0.25) is 0 Å². The smallest absolute Gasteiger partial charge is 0.269 e. The number of aryl methyl sites for hydroxylation is 1. The molecule has 2 heterocycles. The van der Waals surface area contributed by atoms with Crippen LogP contribution in [0.1, 0.15) is 49.6 Å². The van der Waals surface area contributed by atoms with Gasteiger partial charge in [0.15, 0.2) is 5.69 Å². The van der Waals surface area contributed by atoms with Gasteiger partial charge in [-0.15, -0.1) is 10.2 Å². The number of rotatable bonds is 4. The second-order valence-electron chi connectivity index (χ2n) is 7.89. The molecule has 0 saturated heterocycles. The Morgan fingerprint density at radius 1 is 1.18 bits per heavy atom. The molecule has 148 valence electrons. The predicted octanol–water partition coefficient (Wildman–Crippen LogP) is 4.47. The number of benzene rings is 1. The third-order valence-electron chi connectivity index (χ3n) is 4.79. The molecule has 1 aromatic carbocycles. The van der Waals surface area contributed by atoms with Crippen molar-refractivity contribution in [3.63, 3.8) is 0 Å². The van der Waals surface area contributed by atoms with E-state index in [1.54, 1.807) is 23.7 Å². The molecule has 0 fully saturated rings. The molecule has 7 nitrogen and oxygen atoms in total. The Balaban J connectivity index is 1.85. The summed E-state index contributed by atoms with van der Waals surface area (Å²) < 4.78 is 8.05. The maximum Gasteiger partial charge on any atom is 0.269 e. The molecule has 1 atom stereocenters. The highest BCUT2D eigenvalue weighted by Crippen LogP contribution is 2.31. The topological polar surface area (TPSA) is 85.8 Å². The first-order valence-corrected chi connectivity index (χ1v) is 9.84. The van der Waals surface area contributed by atoms with Crippen molar-refractivity contribution in [2.24, 2.45) is 5.41 Å². The summed E-state index contributed by atoms with van der Waals surface area (Å²) in [5.74, 6) is 0.752. The van der Waals surface area contributed by atoms with Gasteiger partial charge in [0.05, 0.1) is 15.9 Å². The first-order chi connectivity index (χ1) is 13.1. The zero-order valence-corrected chi connectivity index (χ0v) is 18.5. The minimum absolute atomic E-state index is 0.00243. The van der Waals surface area contributed by atoms with E-state index in [0.717, 1.165) is 15.9 Å². The minimum atomic E-state index is -0.0885. The Morgan fingerprint density at radius 3 is 2.36 bits per heavy atom. The number of hydrogen-bond acceptors (Lipinski definition) is 5. The van der Waals surface area contributed by atoms with Crippen LogP contribution in [0, 0.1) is 19.3 Å². The third-order valence-corrected chi connectivity index (χ3v) is 5.74. The summed E-state index contributed by atoms with van der Waals surface area (Å²) in [6.45, 7) is 12.0. The van der Waals surface area contributed by atoms with Gasteiger partial charge >= 0.3 is 0 Å². The molecule has 0 aliphatic rings. The SMILES string of the molecule is Cc1nnc(-c2nn(-c3ccc(C(=O)N[C@@H](C)C(C)(C)C)cc3)c(C)c2Br)o1. The van der Waals surface area contributed by atoms with Gasteiger partial charge in [-0.1, -0.05) is 20.8 Å². The summed E-state index contributed by atoms with van der Waals surface area (Å²) in [7, 11) is 0. The summed E-state index contributed by atoms with van der Waals surface area (Å²) in [5, 5.41) is 15.5. The Morgan fingerprint density at radius 2 is 1.82 bits per heavy atom. The Kier molecular flexibility index (Phi) is 5.43. The van der Waals surface area contributed by atoms with Crippen molar-refractivity contribution in [1.29, 1.82) is 0 Å². The second kappa shape index (κ2) is 7.50. The molecular weight excluding hydrogens is 422 g/mol. The lowest BCUT2D eigenvalue weighted by Gasteiger charge is -2.28.